The molecule has 2 aliphatic heterocycles. The van der Waals surface area contributed by atoms with Gasteiger partial charge in [0.25, 0.3) is 0 Å². The van der Waals surface area contributed by atoms with Crippen LogP contribution < -0.4 is 0 Å². The van der Waals surface area contributed by atoms with Crippen LogP contribution in [0.4, 0.5) is 0 Å². The maximum atomic E-state index is 2.95. The zero-order valence-electron chi connectivity index (χ0n) is 18.9. The zero-order valence-corrected chi connectivity index (χ0v) is 18.9. The van der Waals surface area contributed by atoms with Gasteiger partial charge in [0, 0.05) is 11.1 Å². The van der Waals surface area contributed by atoms with Gasteiger partial charge in [0.2, 0.25) is 0 Å². The van der Waals surface area contributed by atoms with Crippen LogP contribution in [-0.4, -0.2) is 47.1 Å². The summed E-state index contributed by atoms with van der Waals surface area (Å²) in [5.41, 5.74) is 4.45. The molecule has 5 rings (SSSR count). The molecule has 0 aromatic carbocycles. The van der Waals surface area contributed by atoms with Gasteiger partial charge in [0.05, 0.1) is 0 Å². The van der Waals surface area contributed by atoms with E-state index in [-0.39, 0.29) is 0 Å². The van der Waals surface area contributed by atoms with Crippen LogP contribution in [0.3, 0.4) is 0 Å². The Balaban J connectivity index is 1.38. The van der Waals surface area contributed by atoms with Gasteiger partial charge in [-0.05, 0) is 95.1 Å². The molecule has 2 nitrogen and oxygen atoms in total. The Labute approximate surface area is 179 Å². The van der Waals surface area contributed by atoms with Crippen molar-refractivity contribution >= 4 is 0 Å². The van der Waals surface area contributed by atoms with Gasteiger partial charge in [-0.3, -0.25) is 9.80 Å². The minimum absolute atomic E-state index is 0.411. The molecule has 0 radical (unpaired) electrons. The van der Waals surface area contributed by atoms with E-state index in [0.717, 1.165) is 0 Å². The van der Waals surface area contributed by atoms with E-state index in [1.54, 1.807) is 0 Å². The Morgan fingerprint density at radius 2 is 0.793 bits per heavy atom. The van der Waals surface area contributed by atoms with Crippen molar-refractivity contribution in [2.45, 2.75) is 120 Å². The van der Waals surface area contributed by atoms with Gasteiger partial charge in [0.15, 0.2) is 0 Å². The second-order valence-electron chi connectivity index (χ2n) is 10.8. The van der Waals surface area contributed by atoms with Crippen molar-refractivity contribution < 1.29 is 0 Å². The van der Waals surface area contributed by atoms with Crippen molar-refractivity contribution in [1.82, 2.24) is 9.80 Å². The molecule has 5 aliphatic rings. The van der Waals surface area contributed by atoms with Crippen LogP contribution in [0.5, 0.6) is 0 Å². The number of likely N-dealkylation sites (tertiary alicyclic amines) is 2. The highest BCUT2D eigenvalue weighted by molar-refractivity contribution is 5.43. The summed E-state index contributed by atoms with van der Waals surface area (Å²) in [5.74, 6) is 0. The first-order valence-corrected chi connectivity index (χ1v) is 13.2. The fourth-order valence-corrected chi connectivity index (χ4v) is 7.76. The Bertz CT molecular complexity index is 552. The third kappa shape index (κ3) is 3.78. The van der Waals surface area contributed by atoms with E-state index in [1.165, 1.54) is 135 Å². The van der Waals surface area contributed by atoms with Crippen LogP contribution in [0.15, 0.2) is 23.3 Å². The Hall–Kier alpha value is -0.600. The highest BCUT2D eigenvalue weighted by Crippen LogP contribution is 2.50. The van der Waals surface area contributed by atoms with Gasteiger partial charge in [-0.2, -0.15) is 0 Å². The largest absolute Gasteiger partial charge is 0.294 e. The first-order chi connectivity index (χ1) is 14.3. The lowest BCUT2D eigenvalue weighted by Crippen LogP contribution is -2.55. The topological polar surface area (TPSA) is 6.48 Å². The number of allylic oxidation sites excluding steroid dienone is 2. The summed E-state index contributed by atoms with van der Waals surface area (Å²) in [7, 11) is 0. The van der Waals surface area contributed by atoms with E-state index < -0.39 is 0 Å². The number of nitrogens with zero attached hydrogens (tertiary/aromatic N) is 2. The molecule has 3 aliphatic carbocycles. The van der Waals surface area contributed by atoms with E-state index >= 15 is 0 Å². The molecule has 0 N–H and O–H groups in total. The van der Waals surface area contributed by atoms with Crippen LogP contribution in [0.25, 0.3) is 0 Å². The third-order valence-electron chi connectivity index (χ3n) is 9.35. The molecule has 2 saturated heterocycles. The van der Waals surface area contributed by atoms with Crippen LogP contribution in [0.1, 0.15) is 109 Å². The van der Waals surface area contributed by atoms with Crippen LogP contribution >= 0.6 is 0 Å². The minimum atomic E-state index is 0.411. The second-order valence-corrected chi connectivity index (χ2v) is 10.8. The highest BCUT2D eigenvalue weighted by Gasteiger charge is 2.47. The Kier molecular flexibility index (Phi) is 6.21. The fourth-order valence-electron chi connectivity index (χ4n) is 7.76. The minimum Gasteiger partial charge on any atom is -0.294 e. The lowest BCUT2D eigenvalue weighted by molar-refractivity contribution is 0.0516. The van der Waals surface area contributed by atoms with E-state index in [1.807, 2.05) is 11.1 Å². The van der Waals surface area contributed by atoms with Crippen molar-refractivity contribution in [3.05, 3.63) is 23.3 Å². The molecule has 162 valence electrons. The van der Waals surface area contributed by atoms with Gasteiger partial charge < -0.3 is 0 Å². The first-order valence-electron chi connectivity index (χ1n) is 13.2. The van der Waals surface area contributed by atoms with Gasteiger partial charge in [-0.1, -0.05) is 63.5 Å². The molecule has 0 amide bonds. The van der Waals surface area contributed by atoms with Crippen molar-refractivity contribution in [2.24, 2.45) is 0 Å². The molecule has 2 heterocycles. The number of hydrogen-bond donors (Lipinski definition) is 0. The smallest absolute Gasteiger partial charge is 0.0426 e. The number of rotatable bonds is 4. The average molecular weight is 397 g/mol. The molecule has 0 spiro atoms. The zero-order chi connectivity index (χ0) is 19.6. The van der Waals surface area contributed by atoms with Gasteiger partial charge in [-0.25, -0.2) is 0 Å². The Morgan fingerprint density at radius 1 is 0.448 bits per heavy atom. The van der Waals surface area contributed by atoms with Gasteiger partial charge in [0.1, 0.15) is 0 Å². The summed E-state index contributed by atoms with van der Waals surface area (Å²) in [4.78, 5) is 5.90. The summed E-state index contributed by atoms with van der Waals surface area (Å²) in [6, 6.07) is 0. The molecule has 0 aromatic heterocycles. The molecule has 0 bridgehead atoms. The molecule has 4 fully saturated rings. The van der Waals surface area contributed by atoms with Crippen molar-refractivity contribution in [3.8, 4) is 0 Å². The lowest BCUT2D eigenvalue weighted by atomic mass is 9.69. The highest BCUT2D eigenvalue weighted by atomic mass is 15.2. The van der Waals surface area contributed by atoms with Crippen molar-refractivity contribution in [2.75, 3.05) is 26.2 Å². The summed E-state index contributed by atoms with van der Waals surface area (Å²) in [6.45, 7) is 5.40. The maximum Gasteiger partial charge on any atom is 0.0426 e. The average Bonchev–Trinajstić information content (AvgIpc) is 3.33. The van der Waals surface area contributed by atoms with Gasteiger partial charge >= 0.3 is 0 Å². The summed E-state index contributed by atoms with van der Waals surface area (Å²) in [6.07, 6.45) is 29.6. The third-order valence-corrected chi connectivity index (χ3v) is 9.35. The summed E-state index contributed by atoms with van der Waals surface area (Å²) < 4.78 is 0. The standard InChI is InChI=1S/C27H44N2/c1-5-15-26(16-6-1,28-19-9-3-10-20-28)24-13-14-25(23-24)27(17-7-2-8-18-27)29-21-11-4-12-22-29/h13-14H,1-12,15-23H2. The molecule has 0 atom stereocenters. The molecule has 2 heteroatoms. The normalized spacial score (nSPS) is 31.3. The second kappa shape index (κ2) is 8.87. The van der Waals surface area contributed by atoms with E-state index in [9.17, 15) is 0 Å². The van der Waals surface area contributed by atoms with Crippen molar-refractivity contribution in [3.63, 3.8) is 0 Å². The van der Waals surface area contributed by atoms with E-state index in [2.05, 4.69) is 22.0 Å². The number of hydrogen-bond acceptors (Lipinski definition) is 2. The summed E-state index contributed by atoms with van der Waals surface area (Å²) in [5, 5.41) is 0. The molecule has 29 heavy (non-hydrogen) atoms. The van der Waals surface area contributed by atoms with Crippen LogP contribution in [0, 0.1) is 0 Å². The molecular weight excluding hydrogens is 352 g/mol. The Morgan fingerprint density at radius 3 is 1.17 bits per heavy atom. The molecule has 0 aromatic rings. The maximum absolute atomic E-state index is 2.95. The first kappa shape index (κ1) is 20.3. The van der Waals surface area contributed by atoms with Gasteiger partial charge in [-0.15, -0.1) is 0 Å². The monoisotopic (exact) mass is 396 g/mol. The molecule has 0 unspecified atom stereocenters. The fraction of sp³-hybridized carbons (Fsp3) is 0.852. The SMILES string of the molecule is C1=C(C2(N3CCCCC3)CCCCC2)CC(C2(N3CCCCC3)CCCCC2)=C1. The lowest BCUT2D eigenvalue weighted by Gasteiger charge is -2.52. The molecule has 2 saturated carbocycles. The van der Waals surface area contributed by atoms with Crippen molar-refractivity contribution in [1.29, 1.82) is 0 Å². The number of piperidine rings is 2. The quantitative estimate of drug-likeness (QED) is 0.527. The van der Waals surface area contributed by atoms with Crippen LogP contribution in [0.2, 0.25) is 0 Å². The predicted molar refractivity (Wildman–Crippen MR) is 123 cm³/mol. The predicted octanol–water partition coefficient (Wildman–Crippen LogP) is 6.62. The van der Waals surface area contributed by atoms with Crippen LogP contribution in [-0.2, 0) is 0 Å². The van der Waals surface area contributed by atoms with E-state index in [0.29, 0.717) is 11.1 Å². The summed E-state index contributed by atoms with van der Waals surface area (Å²) >= 11 is 0. The molecular formula is C27H44N2. The van der Waals surface area contributed by atoms with E-state index in [4.69, 9.17) is 0 Å².